The van der Waals surface area contributed by atoms with E-state index in [9.17, 15) is 0 Å². The molecule has 0 saturated heterocycles. The summed E-state index contributed by atoms with van der Waals surface area (Å²) in [7, 11) is 1.69. The van der Waals surface area contributed by atoms with Crippen molar-refractivity contribution >= 4 is 0 Å². The molecule has 0 aromatic heterocycles. The largest absolute Gasteiger partial charge is 0.377 e. The Morgan fingerprint density at radius 2 is 2.08 bits per heavy atom. The first-order chi connectivity index (χ1) is 5.54. The van der Waals surface area contributed by atoms with E-state index in [0.717, 1.165) is 12.8 Å². The van der Waals surface area contributed by atoms with Gasteiger partial charge in [-0.2, -0.15) is 0 Å². The van der Waals surface area contributed by atoms with Crippen LogP contribution in [0.4, 0.5) is 0 Å². The van der Waals surface area contributed by atoms with Crippen molar-refractivity contribution in [3.8, 4) is 11.8 Å². The summed E-state index contributed by atoms with van der Waals surface area (Å²) >= 11 is 0. The van der Waals surface area contributed by atoms with E-state index in [0.29, 0.717) is 0 Å². The van der Waals surface area contributed by atoms with Gasteiger partial charge in [0.05, 0.1) is 5.60 Å². The van der Waals surface area contributed by atoms with Crippen LogP contribution in [0, 0.1) is 11.8 Å². The summed E-state index contributed by atoms with van der Waals surface area (Å²) in [6.07, 6.45) is 1.74. The Morgan fingerprint density at radius 3 is 2.50 bits per heavy atom. The van der Waals surface area contributed by atoms with E-state index in [4.69, 9.17) is 10.5 Å². The summed E-state index contributed by atoms with van der Waals surface area (Å²) in [4.78, 5) is 0. The van der Waals surface area contributed by atoms with Gasteiger partial charge in [-0.3, -0.25) is 0 Å². The topological polar surface area (TPSA) is 35.2 Å². The van der Waals surface area contributed by atoms with Crippen LogP contribution in [0.25, 0.3) is 0 Å². The van der Waals surface area contributed by atoms with Gasteiger partial charge in [0.2, 0.25) is 0 Å². The van der Waals surface area contributed by atoms with E-state index >= 15 is 0 Å². The zero-order valence-electron chi connectivity index (χ0n) is 8.48. The molecule has 12 heavy (non-hydrogen) atoms. The lowest BCUT2D eigenvalue weighted by atomic mass is 9.95. The molecule has 0 fully saturated rings. The molecule has 2 N–H and O–H groups in total. The average molecular weight is 169 g/mol. The van der Waals surface area contributed by atoms with Crippen molar-refractivity contribution in [1.82, 2.24) is 0 Å². The van der Waals surface area contributed by atoms with Crippen molar-refractivity contribution < 1.29 is 4.74 Å². The maximum absolute atomic E-state index is 5.91. The Balaban J connectivity index is 3.83. The van der Waals surface area contributed by atoms with E-state index < -0.39 is 0 Å². The maximum Gasteiger partial charge on any atom is 0.0773 e. The van der Waals surface area contributed by atoms with Crippen LogP contribution < -0.4 is 5.73 Å². The molecule has 0 aromatic carbocycles. The highest BCUT2D eigenvalue weighted by Crippen LogP contribution is 2.15. The third-order valence-electron chi connectivity index (χ3n) is 2.18. The van der Waals surface area contributed by atoms with Crippen molar-refractivity contribution in [3.63, 3.8) is 0 Å². The second-order valence-corrected chi connectivity index (χ2v) is 3.38. The molecule has 2 nitrogen and oxygen atoms in total. The molecule has 0 aromatic rings. The lowest BCUT2D eigenvalue weighted by molar-refractivity contribution is -0.00103. The number of nitrogens with two attached hydrogens (primary N) is 1. The van der Waals surface area contributed by atoms with Gasteiger partial charge in [-0.15, -0.1) is 11.8 Å². The molecule has 1 unspecified atom stereocenters. The molecule has 0 amide bonds. The highest BCUT2D eigenvalue weighted by molar-refractivity contribution is 4.96. The quantitative estimate of drug-likeness (QED) is 0.648. The molecule has 0 aliphatic carbocycles. The smallest absolute Gasteiger partial charge is 0.0773 e. The molecule has 0 aliphatic rings. The monoisotopic (exact) mass is 169 g/mol. The van der Waals surface area contributed by atoms with Gasteiger partial charge < -0.3 is 10.5 Å². The van der Waals surface area contributed by atoms with Gasteiger partial charge in [-0.1, -0.05) is 0 Å². The summed E-state index contributed by atoms with van der Waals surface area (Å²) in [6.45, 7) is 5.83. The van der Waals surface area contributed by atoms with Crippen LogP contribution in [0.3, 0.4) is 0 Å². The van der Waals surface area contributed by atoms with Crippen LogP contribution >= 0.6 is 0 Å². The molecular formula is C10H19NO. The fraction of sp³-hybridized carbons (Fsp3) is 0.800. The molecule has 0 aliphatic heterocycles. The van der Waals surface area contributed by atoms with E-state index in [2.05, 4.69) is 11.8 Å². The van der Waals surface area contributed by atoms with Crippen LogP contribution in [0.5, 0.6) is 0 Å². The Kier molecular flexibility index (Phi) is 4.96. The van der Waals surface area contributed by atoms with Crippen LogP contribution in [-0.4, -0.2) is 18.8 Å². The SMILES string of the molecule is CC#CCCC(N)C(C)(C)OC. The van der Waals surface area contributed by atoms with Crippen LogP contribution in [0.1, 0.15) is 33.6 Å². The zero-order valence-corrected chi connectivity index (χ0v) is 8.48. The summed E-state index contributed by atoms with van der Waals surface area (Å²) in [5.41, 5.74) is 5.67. The standard InChI is InChI=1S/C10H19NO/c1-5-6-7-8-9(11)10(2,3)12-4/h9H,7-8,11H2,1-4H3. The average Bonchev–Trinajstić information content (AvgIpc) is 2.05. The van der Waals surface area contributed by atoms with Crippen molar-refractivity contribution in [3.05, 3.63) is 0 Å². The van der Waals surface area contributed by atoms with Crippen LogP contribution in [0.2, 0.25) is 0 Å². The molecular weight excluding hydrogens is 150 g/mol. The molecule has 0 spiro atoms. The molecule has 0 saturated carbocycles. The number of methoxy groups -OCH3 is 1. The molecule has 70 valence electrons. The molecule has 2 heteroatoms. The number of ether oxygens (including phenoxy) is 1. The van der Waals surface area contributed by atoms with Crippen molar-refractivity contribution in [2.24, 2.45) is 5.73 Å². The lowest BCUT2D eigenvalue weighted by Crippen LogP contribution is -2.44. The van der Waals surface area contributed by atoms with Crippen LogP contribution in [0.15, 0.2) is 0 Å². The summed E-state index contributed by atoms with van der Waals surface area (Å²) in [6, 6.07) is 0.0587. The molecule has 0 heterocycles. The number of hydrogen-bond donors (Lipinski definition) is 1. The molecule has 1 atom stereocenters. The van der Waals surface area contributed by atoms with E-state index in [1.807, 2.05) is 20.8 Å². The number of hydrogen-bond acceptors (Lipinski definition) is 2. The normalized spacial score (nSPS) is 13.4. The first-order valence-electron chi connectivity index (χ1n) is 4.25. The first-order valence-corrected chi connectivity index (χ1v) is 4.25. The third-order valence-corrected chi connectivity index (χ3v) is 2.18. The van der Waals surface area contributed by atoms with Crippen molar-refractivity contribution in [2.45, 2.75) is 45.3 Å². The van der Waals surface area contributed by atoms with Gasteiger partial charge in [0.25, 0.3) is 0 Å². The molecule has 0 radical (unpaired) electrons. The Morgan fingerprint density at radius 1 is 1.50 bits per heavy atom. The van der Waals surface area contributed by atoms with Gasteiger partial charge in [0.1, 0.15) is 0 Å². The Bertz CT molecular complexity index is 176. The van der Waals surface area contributed by atoms with E-state index in [-0.39, 0.29) is 11.6 Å². The fourth-order valence-corrected chi connectivity index (χ4v) is 0.852. The van der Waals surface area contributed by atoms with Gasteiger partial charge in [-0.05, 0) is 27.2 Å². The molecule has 0 bridgehead atoms. The Labute approximate surface area is 75.5 Å². The molecule has 0 rings (SSSR count). The predicted molar refractivity (Wildman–Crippen MR) is 51.7 cm³/mol. The number of rotatable bonds is 4. The van der Waals surface area contributed by atoms with Crippen LogP contribution in [-0.2, 0) is 4.74 Å². The Hall–Kier alpha value is -0.520. The van der Waals surface area contributed by atoms with E-state index in [1.165, 1.54) is 0 Å². The van der Waals surface area contributed by atoms with Gasteiger partial charge in [0.15, 0.2) is 0 Å². The van der Waals surface area contributed by atoms with E-state index in [1.54, 1.807) is 7.11 Å². The van der Waals surface area contributed by atoms with Gasteiger partial charge in [-0.25, -0.2) is 0 Å². The fourth-order valence-electron chi connectivity index (χ4n) is 0.852. The van der Waals surface area contributed by atoms with Gasteiger partial charge in [0, 0.05) is 19.6 Å². The minimum atomic E-state index is -0.241. The highest BCUT2D eigenvalue weighted by atomic mass is 16.5. The summed E-state index contributed by atoms with van der Waals surface area (Å²) in [5.74, 6) is 5.84. The summed E-state index contributed by atoms with van der Waals surface area (Å²) < 4.78 is 5.26. The van der Waals surface area contributed by atoms with Crippen molar-refractivity contribution in [2.75, 3.05) is 7.11 Å². The summed E-state index contributed by atoms with van der Waals surface area (Å²) in [5, 5.41) is 0. The van der Waals surface area contributed by atoms with Gasteiger partial charge >= 0.3 is 0 Å². The second-order valence-electron chi connectivity index (χ2n) is 3.38. The lowest BCUT2D eigenvalue weighted by Gasteiger charge is -2.29. The second kappa shape index (κ2) is 5.18. The first kappa shape index (κ1) is 11.5. The highest BCUT2D eigenvalue weighted by Gasteiger charge is 2.24. The maximum atomic E-state index is 5.91. The minimum Gasteiger partial charge on any atom is -0.377 e. The minimum absolute atomic E-state index is 0.0587. The third kappa shape index (κ3) is 3.75. The predicted octanol–water partition coefficient (Wildman–Crippen LogP) is 1.54. The zero-order chi connectivity index (χ0) is 9.61. The van der Waals surface area contributed by atoms with Crippen molar-refractivity contribution in [1.29, 1.82) is 0 Å².